The molecule has 2 aromatic rings. The Bertz CT molecular complexity index is 1020. The Morgan fingerprint density at radius 3 is 2.00 bits per heavy atom. The molecule has 7 nitrogen and oxygen atoms in total. The zero-order valence-corrected chi connectivity index (χ0v) is 16.5. The van der Waals surface area contributed by atoms with Gasteiger partial charge >= 0.3 is 168 Å². The zero-order valence-electron chi connectivity index (χ0n) is 14.8. The van der Waals surface area contributed by atoms with Crippen molar-refractivity contribution in [2.75, 3.05) is 0 Å². The fraction of sp³-hybridized carbons (Fsp3) is 0.294. The minimum atomic E-state index is -5.05. The Labute approximate surface area is 311 Å². The van der Waals surface area contributed by atoms with Gasteiger partial charge < -0.3 is 14.5 Å². The van der Waals surface area contributed by atoms with Crippen molar-refractivity contribution in [1.82, 2.24) is 0 Å². The van der Waals surface area contributed by atoms with Crippen LogP contribution in [0.4, 0.5) is 13.2 Å². The molecule has 0 aliphatic heterocycles. The van der Waals surface area contributed by atoms with E-state index in [9.17, 15) is 26.2 Å². The summed E-state index contributed by atoms with van der Waals surface area (Å²) in [7, 11) is -9.97. The van der Waals surface area contributed by atoms with E-state index in [1.807, 2.05) is 0 Å². The van der Waals surface area contributed by atoms with Gasteiger partial charge in [0.25, 0.3) is 10.1 Å². The fourth-order valence-electron chi connectivity index (χ4n) is 2.61. The average Bonchev–Trinajstić information content (AvgIpc) is 2.56. The topological polar surface area (TPSA) is 121 Å². The molecule has 0 spiro atoms. The van der Waals surface area contributed by atoms with Crippen LogP contribution in [-0.4, -0.2) is 182 Å². The molecule has 0 heterocycles. The van der Waals surface area contributed by atoms with Gasteiger partial charge in [0.2, 0.25) is 0 Å². The molecule has 2 aromatic carbocycles. The molecule has 2 rings (SSSR count). The van der Waals surface area contributed by atoms with Crippen molar-refractivity contribution < 1.29 is 45.2 Å². The summed E-state index contributed by atoms with van der Waals surface area (Å²) in [5.74, 6) is 0.216. The summed E-state index contributed by atoms with van der Waals surface area (Å²) in [4.78, 5) is 15.9. The summed E-state index contributed by atoms with van der Waals surface area (Å²) in [6, 6.07) is 10.6. The average molecular weight is 575 g/mol. The van der Waals surface area contributed by atoms with E-state index in [2.05, 4.69) is 0 Å². The summed E-state index contributed by atoms with van der Waals surface area (Å²) >= 11 is 0. The number of ether oxygens (including phenoxy) is 1. The summed E-state index contributed by atoms with van der Waals surface area (Å²) in [5.41, 5.74) is -0.255. The maximum atomic E-state index is 12.8. The number of rotatable bonds is 8. The summed E-state index contributed by atoms with van der Waals surface area (Å²) in [5, 5.41) is 0. The van der Waals surface area contributed by atoms with Crippen LogP contribution >= 0.6 is 7.60 Å². The molecular formula is C17H21F3K3O7PS. The van der Waals surface area contributed by atoms with Gasteiger partial charge in [0.15, 0.2) is 4.99 Å². The molecule has 0 saturated heterocycles. The summed E-state index contributed by atoms with van der Waals surface area (Å²) in [6.45, 7) is 0. The van der Waals surface area contributed by atoms with Crippen LogP contribution in [0, 0.1) is 0 Å². The van der Waals surface area contributed by atoms with Crippen LogP contribution in [0.25, 0.3) is 0 Å². The van der Waals surface area contributed by atoms with Crippen molar-refractivity contribution in [2.24, 2.45) is 0 Å². The van der Waals surface area contributed by atoms with E-state index in [4.69, 9.17) is 19.1 Å². The third kappa shape index (κ3) is 13.0. The second kappa shape index (κ2) is 16.1. The van der Waals surface area contributed by atoms with Crippen LogP contribution < -0.4 is 4.74 Å². The van der Waals surface area contributed by atoms with E-state index in [-0.39, 0.29) is 178 Å². The van der Waals surface area contributed by atoms with Crippen molar-refractivity contribution in [1.29, 1.82) is 0 Å². The van der Waals surface area contributed by atoms with Crippen LogP contribution in [0.15, 0.2) is 48.5 Å². The molecule has 0 bridgehead atoms. The standard InChI is InChI=1S/C17H18F3O7PS.3K.3H/c18-17(19,20)13-6-3-8-15(11-13)27-14-7-1-4-12(10-14)5-2-9-16(28(21,22)23)29(24,25)26;;;;;;/h1,3-4,6-8,10-11,16H,2,5,9H2,(H2,21,22,23)(H,24,25,26);;;;;;. The Morgan fingerprint density at radius 2 is 1.50 bits per heavy atom. The van der Waals surface area contributed by atoms with Crippen molar-refractivity contribution in [3.05, 3.63) is 59.7 Å². The van der Waals surface area contributed by atoms with Crippen LogP contribution in [-0.2, 0) is 27.3 Å². The van der Waals surface area contributed by atoms with Gasteiger partial charge in [-0.05, 0) is 55.2 Å². The van der Waals surface area contributed by atoms with Crippen LogP contribution in [0.1, 0.15) is 24.0 Å². The fourth-order valence-corrected chi connectivity index (χ4v) is 4.98. The predicted molar refractivity (Wildman–Crippen MR) is 120 cm³/mol. The van der Waals surface area contributed by atoms with Gasteiger partial charge in [-0.1, -0.05) is 18.2 Å². The van der Waals surface area contributed by atoms with Gasteiger partial charge in [-0.2, -0.15) is 21.6 Å². The quantitative estimate of drug-likeness (QED) is 0.251. The van der Waals surface area contributed by atoms with Crippen molar-refractivity contribution >= 4 is 172 Å². The molecule has 166 valence electrons. The first-order valence-electron chi connectivity index (χ1n) is 8.22. The van der Waals surface area contributed by atoms with Crippen LogP contribution in [0.3, 0.4) is 0 Å². The molecule has 32 heavy (non-hydrogen) atoms. The number of hydrogen-bond acceptors (Lipinski definition) is 4. The van der Waals surface area contributed by atoms with E-state index in [0.29, 0.717) is 5.56 Å². The molecule has 0 aliphatic carbocycles. The van der Waals surface area contributed by atoms with Gasteiger partial charge in [0.1, 0.15) is 11.5 Å². The Kier molecular flexibility index (Phi) is 18.7. The molecule has 0 amide bonds. The van der Waals surface area contributed by atoms with E-state index < -0.39 is 40.9 Å². The first-order valence-corrected chi connectivity index (χ1v) is 11.4. The van der Waals surface area contributed by atoms with Crippen LogP contribution in [0.2, 0.25) is 0 Å². The number of alkyl halides is 3. The molecule has 15 heteroatoms. The Morgan fingerprint density at radius 1 is 0.969 bits per heavy atom. The van der Waals surface area contributed by atoms with Crippen molar-refractivity contribution in [3.63, 3.8) is 0 Å². The molecule has 0 saturated carbocycles. The Balaban J connectivity index is 0. The first-order chi connectivity index (χ1) is 13.3. The molecule has 0 aromatic heterocycles. The molecule has 3 N–H and O–H groups in total. The zero-order chi connectivity index (χ0) is 21.9. The van der Waals surface area contributed by atoms with Gasteiger partial charge in [-0.15, -0.1) is 0 Å². The second-order valence-electron chi connectivity index (χ2n) is 6.23. The number of hydrogen-bond donors (Lipinski definition) is 3. The molecule has 0 aliphatic rings. The molecule has 0 fully saturated rings. The number of halogens is 3. The first kappa shape index (κ1) is 37.2. The predicted octanol–water partition coefficient (Wildman–Crippen LogP) is 2.27. The molecule has 0 radical (unpaired) electrons. The SMILES string of the molecule is O=P(O)(O)C(CCCc1cccc(Oc2cccc(C(F)(F)F)c2)c1)S(=O)(=O)O.[KH].[KH].[KH]. The summed E-state index contributed by atoms with van der Waals surface area (Å²) in [6.07, 6.45) is -4.75. The molecule has 1 atom stereocenters. The van der Waals surface area contributed by atoms with Gasteiger partial charge in [0, 0.05) is 0 Å². The summed E-state index contributed by atoms with van der Waals surface area (Å²) < 4.78 is 86.2. The maximum absolute atomic E-state index is 12.8. The van der Waals surface area contributed by atoms with Crippen molar-refractivity contribution in [3.8, 4) is 11.5 Å². The van der Waals surface area contributed by atoms with E-state index >= 15 is 0 Å². The third-order valence-electron chi connectivity index (χ3n) is 3.93. The van der Waals surface area contributed by atoms with Gasteiger partial charge in [-0.3, -0.25) is 9.12 Å². The third-order valence-corrected chi connectivity index (χ3v) is 7.49. The Hall–Kier alpha value is 3.00. The van der Waals surface area contributed by atoms with Gasteiger partial charge in [-0.25, -0.2) is 0 Å². The minimum absolute atomic E-state index is 0. The number of aryl methyl sites for hydroxylation is 1. The monoisotopic (exact) mass is 574 g/mol. The van der Waals surface area contributed by atoms with Crippen molar-refractivity contribution in [2.45, 2.75) is 30.4 Å². The normalized spacial score (nSPS) is 12.6. The number of benzene rings is 2. The second-order valence-corrected chi connectivity index (χ2v) is 9.98. The molecule has 1 unspecified atom stereocenters. The van der Waals surface area contributed by atoms with Gasteiger partial charge in [0.05, 0.1) is 5.56 Å². The van der Waals surface area contributed by atoms with Crippen LogP contribution in [0.5, 0.6) is 11.5 Å². The van der Waals surface area contributed by atoms with E-state index in [1.54, 1.807) is 12.1 Å². The molecular weight excluding hydrogens is 554 g/mol. The van der Waals surface area contributed by atoms with E-state index in [1.165, 1.54) is 24.3 Å². The van der Waals surface area contributed by atoms with E-state index in [0.717, 1.165) is 12.1 Å².